The van der Waals surface area contributed by atoms with Crippen molar-refractivity contribution in [2.45, 2.75) is 43.7 Å². The van der Waals surface area contributed by atoms with E-state index in [0.717, 1.165) is 17.8 Å². The number of anilines is 1. The van der Waals surface area contributed by atoms with Crippen molar-refractivity contribution in [1.29, 1.82) is 0 Å². The number of nitrogens with two attached hydrogens (primary N) is 1. The highest BCUT2D eigenvalue weighted by atomic mass is 15.2. The third-order valence-corrected chi connectivity index (χ3v) is 6.54. The largest absolute Gasteiger partial charge is 0.384 e. The quantitative estimate of drug-likeness (QED) is 0.725. The van der Waals surface area contributed by atoms with Gasteiger partial charge in [0.05, 0.1) is 5.69 Å². The van der Waals surface area contributed by atoms with Crippen LogP contribution in [0.1, 0.15) is 37.2 Å². The van der Waals surface area contributed by atoms with Gasteiger partial charge in [-0.15, -0.1) is 0 Å². The topological polar surface area (TPSA) is 42.1 Å². The van der Waals surface area contributed by atoms with Gasteiger partial charge in [0.25, 0.3) is 0 Å². The first-order valence-electron chi connectivity index (χ1n) is 9.67. The number of piperidine rings is 1. The molecule has 1 aromatic heterocycles. The van der Waals surface area contributed by atoms with Crippen LogP contribution < -0.4 is 5.73 Å². The summed E-state index contributed by atoms with van der Waals surface area (Å²) in [5.74, 6) is 1.24. The molecule has 26 heavy (non-hydrogen) atoms. The molecule has 2 atom stereocenters. The third-order valence-electron chi connectivity index (χ3n) is 6.54. The van der Waals surface area contributed by atoms with Gasteiger partial charge in [-0.25, -0.2) is 4.98 Å². The van der Waals surface area contributed by atoms with E-state index in [-0.39, 0.29) is 0 Å². The van der Waals surface area contributed by atoms with E-state index in [9.17, 15) is 0 Å². The molecule has 3 heterocycles. The molecule has 2 bridgehead atoms. The molecule has 2 N–H and O–H groups in total. The summed E-state index contributed by atoms with van der Waals surface area (Å²) in [5, 5.41) is 2.66. The van der Waals surface area contributed by atoms with Gasteiger partial charge < -0.3 is 10.6 Å². The monoisotopic (exact) mass is 343 g/mol. The van der Waals surface area contributed by atoms with Crippen LogP contribution in [0.25, 0.3) is 22.0 Å². The van der Waals surface area contributed by atoms with Crippen LogP contribution in [0.3, 0.4) is 0 Å². The Labute approximate surface area is 154 Å². The summed E-state index contributed by atoms with van der Waals surface area (Å²) >= 11 is 0. The van der Waals surface area contributed by atoms with Crippen LogP contribution in [0.2, 0.25) is 0 Å². The minimum atomic E-state index is 0.572. The van der Waals surface area contributed by atoms with Crippen LogP contribution in [0, 0.1) is 0 Å². The second kappa shape index (κ2) is 6.10. The van der Waals surface area contributed by atoms with Crippen LogP contribution >= 0.6 is 0 Å². The van der Waals surface area contributed by atoms with Gasteiger partial charge in [0.2, 0.25) is 0 Å². The van der Waals surface area contributed by atoms with Gasteiger partial charge in [-0.05, 0) is 67.1 Å². The van der Waals surface area contributed by atoms with Crippen molar-refractivity contribution >= 4 is 16.6 Å². The lowest BCUT2D eigenvalue weighted by Crippen LogP contribution is -2.39. The lowest BCUT2D eigenvalue weighted by Gasteiger charge is -2.37. The Kier molecular flexibility index (Phi) is 3.71. The second-order valence-electron chi connectivity index (χ2n) is 7.91. The Morgan fingerprint density at radius 2 is 1.62 bits per heavy atom. The second-order valence-corrected chi connectivity index (χ2v) is 7.91. The van der Waals surface area contributed by atoms with E-state index < -0.39 is 0 Å². The Morgan fingerprint density at radius 3 is 2.35 bits per heavy atom. The fourth-order valence-corrected chi connectivity index (χ4v) is 5.17. The predicted molar refractivity (Wildman–Crippen MR) is 108 cm³/mol. The van der Waals surface area contributed by atoms with Crippen LogP contribution in [-0.2, 0) is 0 Å². The van der Waals surface area contributed by atoms with Crippen LogP contribution in [0.4, 0.5) is 5.82 Å². The maximum atomic E-state index is 5.92. The molecular formula is C23H25N3. The number of hydrogen-bond donors (Lipinski definition) is 1. The Balaban J connectivity index is 1.62. The molecule has 132 valence electrons. The standard InChI is InChI=1S/C23H25N3/c1-26-16-9-10-17(26)14-15(13-16)18-11-12-21(20-6-3-2-5-19(18)20)22-7-4-8-23(24)25-22/h2-8,11-12,15-17H,9-10,13-14H2,1H3,(H2,24,25). The normalized spacial score (nSPS) is 25.7. The molecule has 2 aliphatic heterocycles. The van der Waals surface area contributed by atoms with Gasteiger partial charge in [0.15, 0.2) is 0 Å². The number of benzene rings is 2. The molecular weight excluding hydrogens is 318 g/mol. The van der Waals surface area contributed by atoms with Crippen molar-refractivity contribution in [2.75, 3.05) is 12.8 Å². The van der Waals surface area contributed by atoms with Crippen molar-refractivity contribution in [1.82, 2.24) is 9.88 Å². The number of nitrogens with zero attached hydrogens (tertiary/aromatic N) is 2. The zero-order valence-corrected chi connectivity index (χ0v) is 15.2. The molecule has 2 fully saturated rings. The predicted octanol–water partition coefficient (Wildman–Crippen LogP) is 4.82. The minimum Gasteiger partial charge on any atom is -0.384 e. The van der Waals surface area contributed by atoms with Gasteiger partial charge >= 0.3 is 0 Å². The lowest BCUT2D eigenvalue weighted by molar-refractivity contribution is 0.162. The fourth-order valence-electron chi connectivity index (χ4n) is 5.17. The van der Waals surface area contributed by atoms with Crippen molar-refractivity contribution in [2.24, 2.45) is 0 Å². The molecule has 3 heteroatoms. The summed E-state index contributed by atoms with van der Waals surface area (Å²) in [6.45, 7) is 0. The van der Waals surface area contributed by atoms with Crippen molar-refractivity contribution in [3.8, 4) is 11.3 Å². The van der Waals surface area contributed by atoms with Gasteiger partial charge in [-0.2, -0.15) is 0 Å². The smallest absolute Gasteiger partial charge is 0.124 e. The third kappa shape index (κ3) is 2.50. The molecule has 2 aromatic carbocycles. The van der Waals surface area contributed by atoms with Gasteiger partial charge in [-0.1, -0.05) is 42.5 Å². The highest BCUT2D eigenvalue weighted by Crippen LogP contribution is 2.44. The summed E-state index contributed by atoms with van der Waals surface area (Å²) < 4.78 is 0. The van der Waals surface area contributed by atoms with Crippen LogP contribution in [-0.4, -0.2) is 29.0 Å². The molecule has 2 saturated heterocycles. The summed E-state index contributed by atoms with van der Waals surface area (Å²) in [6.07, 6.45) is 5.29. The molecule has 3 nitrogen and oxygen atoms in total. The summed E-state index contributed by atoms with van der Waals surface area (Å²) in [4.78, 5) is 7.17. The highest BCUT2D eigenvalue weighted by molar-refractivity contribution is 5.98. The summed E-state index contributed by atoms with van der Waals surface area (Å²) in [6, 6.07) is 20.8. The first kappa shape index (κ1) is 15.8. The van der Waals surface area contributed by atoms with Gasteiger partial charge in [0.1, 0.15) is 5.82 Å². The van der Waals surface area contributed by atoms with E-state index in [2.05, 4.69) is 53.3 Å². The van der Waals surface area contributed by atoms with Gasteiger partial charge in [0, 0.05) is 17.6 Å². The first-order chi connectivity index (χ1) is 12.7. The molecule has 2 aliphatic rings. The highest BCUT2D eigenvalue weighted by Gasteiger charge is 2.39. The van der Waals surface area contributed by atoms with Crippen LogP contribution in [0.15, 0.2) is 54.6 Å². The molecule has 2 unspecified atom stereocenters. The molecule has 0 aliphatic carbocycles. The number of aromatic nitrogens is 1. The van der Waals surface area contributed by atoms with E-state index in [1.165, 1.54) is 47.6 Å². The maximum absolute atomic E-state index is 5.92. The zero-order chi connectivity index (χ0) is 17.7. The number of fused-ring (bicyclic) bond motifs is 3. The summed E-state index contributed by atoms with van der Waals surface area (Å²) in [5.41, 5.74) is 9.56. The zero-order valence-electron chi connectivity index (χ0n) is 15.2. The molecule has 0 spiro atoms. The van der Waals surface area contributed by atoms with Crippen molar-refractivity contribution < 1.29 is 0 Å². The number of pyridine rings is 1. The van der Waals surface area contributed by atoms with E-state index >= 15 is 0 Å². The molecule has 0 saturated carbocycles. The molecule has 0 radical (unpaired) electrons. The first-order valence-corrected chi connectivity index (χ1v) is 9.67. The number of rotatable bonds is 2. The molecule has 5 rings (SSSR count). The lowest BCUT2D eigenvalue weighted by atomic mass is 9.82. The Morgan fingerprint density at radius 1 is 0.885 bits per heavy atom. The Bertz CT molecular complexity index is 951. The van der Waals surface area contributed by atoms with E-state index in [4.69, 9.17) is 5.73 Å². The average Bonchev–Trinajstić information content (AvgIpc) is 2.88. The van der Waals surface area contributed by atoms with E-state index in [1.807, 2.05) is 18.2 Å². The Hall–Kier alpha value is -2.39. The molecule has 3 aromatic rings. The maximum Gasteiger partial charge on any atom is 0.124 e. The SMILES string of the molecule is CN1C2CCC1CC(c1ccc(-c3cccc(N)n3)c3ccccc13)C2. The number of hydrogen-bond acceptors (Lipinski definition) is 3. The van der Waals surface area contributed by atoms with E-state index in [0.29, 0.717) is 11.7 Å². The van der Waals surface area contributed by atoms with E-state index in [1.54, 1.807) is 0 Å². The molecule has 0 amide bonds. The van der Waals surface area contributed by atoms with Crippen LogP contribution in [0.5, 0.6) is 0 Å². The average molecular weight is 343 g/mol. The van der Waals surface area contributed by atoms with Gasteiger partial charge in [-0.3, -0.25) is 0 Å². The minimum absolute atomic E-state index is 0.572. The fraction of sp³-hybridized carbons (Fsp3) is 0.348. The van der Waals surface area contributed by atoms with Crippen molar-refractivity contribution in [3.05, 3.63) is 60.2 Å². The van der Waals surface area contributed by atoms with Crippen molar-refractivity contribution in [3.63, 3.8) is 0 Å². The number of nitrogen functional groups attached to an aromatic ring is 1. The summed E-state index contributed by atoms with van der Waals surface area (Å²) in [7, 11) is 2.31.